The van der Waals surface area contributed by atoms with Crippen LogP contribution in [0.3, 0.4) is 0 Å². The summed E-state index contributed by atoms with van der Waals surface area (Å²) in [5.74, 6) is 0.873. The third kappa shape index (κ3) is 3.77. The fraction of sp³-hybridized carbons (Fsp3) is 0.769. The summed E-state index contributed by atoms with van der Waals surface area (Å²) in [5.41, 5.74) is 0. The Morgan fingerprint density at radius 3 is 2.72 bits per heavy atom. The van der Waals surface area contributed by atoms with Crippen LogP contribution in [0, 0.1) is 11.8 Å². The first-order valence-electron chi connectivity index (χ1n) is 6.78. The summed E-state index contributed by atoms with van der Waals surface area (Å²) in [5, 5.41) is 12.7. The van der Waals surface area contributed by atoms with Gasteiger partial charge < -0.3 is 5.32 Å². The van der Waals surface area contributed by atoms with Gasteiger partial charge in [0.1, 0.15) is 5.01 Å². The SMILES string of the molecule is CC(C)Cc1nnc(NC(=O)C2CCCCC2)s1. The van der Waals surface area contributed by atoms with Crippen molar-refractivity contribution in [2.24, 2.45) is 11.8 Å². The first-order chi connectivity index (χ1) is 8.65. The predicted octanol–water partition coefficient (Wildman–Crippen LogP) is 3.26. The molecule has 0 spiro atoms. The minimum absolute atomic E-state index is 0.127. The molecule has 2 rings (SSSR count). The second-order valence-electron chi connectivity index (χ2n) is 5.42. The highest BCUT2D eigenvalue weighted by Crippen LogP contribution is 2.26. The van der Waals surface area contributed by atoms with Crippen molar-refractivity contribution in [1.29, 1.82) is 0 Å². The zero-order chi connectivity index (χ0) is 13.0. The van der Waals surface area contributed by atoms with Crippen LogP contribution in [0.25, 0.3) is 0 Å². The van der Waals surface area contributed by atoms with Gasteiger partial charge in [-0.3, -0.25) is 4.79 Å². The number of nitrogens with one attached hydrogen (secondary N) is 1. The molecule has 1 saturated carbocycles. The van der Waals surface area contributed by atoms with Gasteiger partial charge in [0.05, 0.1) is 0 Å². The molecule has 1 heterocycles. The first kappa shape index (κ1) is 13.5. The minimum Gasteiger partial charge on any atom is -0.300 e. The van der Waals surface area contributed by atoms with Gasteiger partial charge in [0.25, 0.3) is 0 Å². The van der Waals surface area contributed by atoms with Crippen molar-refractivity contribution in [2.45, 2.75) is 52.4 Å². The van der Waals surface area contributed by atoms with Gasteiger partial charge in [-0.1, -0.05) is 44.4 Å². The number of rotatable bonds is 4. The molecule has 0 radical (unpaired) electrons. The lowest BCUT2D eigenvalue weighted by atomic mass is 9.89. The van der Waals surface area contributed by atoms with Crippen LogP contribution >= 0.6 is 11.3 Å². The van der Waals surface area contributed by atoms with Gasteiger partial charge in [0.2, 0.25) is 11.0 Å². The van der Waals surface area contributed by atoms with Crippen LogP contribution in [-0.4, -0.2) is 16.1 Å². The Morgan fingerprint density at radius 2 is 2.06 bits per heavy atom. The Hall–Kier alpha value is -0.970. The maximum atomic E-state index is 12.0. The molecule has 1 aromatic rings. The van der Waals surface area contributed by atoms with Crippen molar-refractivity contribution in [3.8, 4) is 0 Å². The molecule has 0 aromatic carbocycles. The third-order valence-corrected chi connectivity index (χ3v) is 4.12. The Balaban J connectivity index is 1.88. The predicted molar refractivity (Wildman–Crippen MR) is 73.7 cm³/mol. The number of carbonyl (C=O) groups excluding carboxylic acids is 1. The van der Waals surface area contributed by atoms with E-state index < -0.39 is 0 Å². The molecule has 0 atom stereocenters. The molecule has 18 heavy (non-hydrogen) atoms. The summed E-state index contributed by atoms with van der Waals surface area (Å²) >= 11 is 1.50. The third-order valence-electron chi connectivity index (χ3n) is 3.26. The lowest BCUT2D eigenvalue weighted by Crippen LogP contribution is -2.24. The molecule has 1 fully saturated rings. The minimum atomic E-state index is 0.127. The summed E-state index contributed by atoms with van der Waals surface area (Å²) in [6, 6.07) is 0. The van der Waals surface area contributed by atoms with E-state index in [2.05, 4.69) is 29.4 Å². The molecule has 4 nitrogen and oxygen atoms in total. The van der Waals surface area contributed by atoms with Crippen molar-refractivity contribution in [1.82, 2.24) is 10.2 Å². The Kier molecular flexibility index (Phi) is 4.69. The highest BCUT2D eigenvalue weighted by Gasteiger charge is 2.22. The summed E-state index contributed by atoms with van der Waals surface area (Å²) in [4.78, 5) is 12.0. The summed E-state index contributed by atoms with van der Waals surface area (Å²) in [6.45, 7) is 4.31. The Morgan fingerprint density at radius 1 is 1.33 bits per heavy atom. The molecule has 0 aliphatic heterocycles. The van der Waals surface area contributed by atoms with Crippen LogP contribution in [0.2, 0.25) is 0 Å². The van der Waals surface area contributed by atoms with Crippen LogP contribution in [0.5, 0.6) is 0 Å². The zero-order valence-corrected chi connectivity index (χ0v) is 11.9. The summed E-state index contributed by atoms with van der Waals surface area (Å²) < 4.78 is 0. The van der Waals surface area contributed by atoms with Crippen LogP contribution in [0.1, 0.15) is 51.0 Å². The van der Waals surface area contributed by atoms with Gasteiger partial charge in [-0.15, -0.1) is 10.2 Å². The average molecular weight is 267 g/mol. The van der Waals surface area contributed by atoms with E-state index in [-0.39, 0.29) is 11.8 Å². The fourth-order valence-electron chi connectivity index (χ4n) is 2.31. The molecular formula is C13H21N3OS. The van der Waals surface area contributed by atoms with Gasteiger partial charge in [-0.25, -0.2) is 0 Å². The molecule has 0 bridgehead atoms. The van der Waals surface area contributed by atoms with Gasteiger partial charge >= 0.3 is 0 Å². The zero-order valence-electron chi connectivity index (χ0n) is 11.1. The Labute approximate surface area is 112 Å². The van der Waals surface area contributed by atoms with E-state index in [1.54, 1.807) is 0 Å². The average Bonchev–Trinajstić information content (AvgIpc) is 2.76. The van der Waals surface area contributed by atoms with E-state index in [4.69, 9.17) is 0 Å². The summed E-state index contributed by atoms with van der Waals surface area (Å²) in [6.07, 6.45) is 6.57. The molecule has 1 amide bonds. The van der Waals surface area contributed by atoms with E-state index in [1.165, 1.54) is 30.6 Å². The maximum Gasteiger partial charge on any atom is 0.229 e. The lowest BCUT2D eigenvalue weighted by molar-refractivity contribution is -0.120. The van der Waals surface area contributed by atoms with Gasteiger partial charge in [-0.05, 0) is 18.8 Å². The normalized spacial score (nSPS) is 17.1. The lowest BCUT2D eigenvalue weighted by Gasteiger charge is -2.19. The largest absolute Gasteiger partial charge is 0.300 e. The van der Waals surface area contributed by atoms with Crippen molar-refractivity contribution in [3.63, 3.8) is 0 Å². The number of anilines is 1. The molecular weight excluding hydrogens is 246 g/mol. The van der Waals surface area contributed by atoms with E-state index in [1.807, 2.05) is 0 Å². The van der Waals surface area contributed by atoms with E-state index >= 15 is 0 Å². The van der Waals surface area contributed by atoms with Crippen LogP contribution in [0.15, 0.2) is 0 Å². The van der Waals surface area contributed by atoms with E-state index in [0.717, 1.165) is 24.3 Å². The van der Waals surface area contributed by atoms with Crippen LogP contribution in [-0.2, 0) is 11.2 Å². The molecule has 1 aliphatic rings. The van der Waals surface area contributed by atoms with Gasteiger partial charge in [0.15, 0.2) is 0 Å². The van der Waals surface area contributed by atoms with Crippen molar-refractivity contribution in [3.05, 3.63) is 5.01 Å². The van der Waals surface area contributed by atoms with E-state index in [9.17, 15) is 4.79 Å². The van der Waals surface area contributed by atoms with E-state index in [0.29, 0.717) is 11.0 Å². The maximum absolute atomic E-state index is 12.0. The smallest absolute Gasteiger partial charge is 0.229 e. The molecule has 1 aromatic heterocycles. The van der Waals surface area contributed by atoms with Gasteiger partial charge in [0, 0.05) is 12.3 Å². The van der Waals surface area contributed by atoms with Crippen molar-refractivity contribution in [2.75, 3.05) is 5.32 Å². The standard InChI is InChI=1S/C13H21N3OS/c1-9(2)8-11-15-16-13(18-11)14-12(17)10-6-4-3-5-7-10/h9-10H,3-8H2,1-2H3,(H,14,16,17). The molecule has 1 N–H and O–H groups in total. The second-order valence-corrected chi connectivity index (χ2v) is 6.49. The fourth-order valence-corrected chi connectivity index (χ4v) is 3.26. The number of aromatic nitrogens is 2. The number of amides is 1. The highest BCUT2D eigenvalue weighted by atomic mass is 32.1. The number of hydrogen-bond donors (Lipinski definition) is 1. The quantitative estimate of drug-likeness (QED) is 0.911. The molecule has 0 saturated heterocycles. The second kappa shape index (κ2) is 6.27. The molecule has 1 aliphatic carbocycles. The first-order valence-corrected chi connectivity index (χ1v) is 7.60. The highest BCUT2D eigenvalue weighted by molar-refractivity contribution is 7.15. The van der Waals surface area contributed by atoms with Crippen molar-refractivity contribution < 1.29 is 4.79 Å². The van der Waals surface area contributed by atoms with Gasteiger partial charge in [-0.2, -0.15) is 0 Å². The molecule has 100 valence electrons. The number of carbonyl (C=O) groups is 1. The monoisotopic (exact) mass is 267 g/mol. The molecule has 0 unspecified atom stereocenters. The molecule has 5 heteroatoms. The van der Waals surface area contributed by atoms with Crippen LogP contribution in [0.4, 0.5) is 5.13 Å². The Bertz CT molecular complexity index is 397. The number of hydrogen-bond acceptors (Lipinski definition) is 4. The van der Waals surface area contributed by atoms with Crippen molar-refractivity contribution >= 4 is 22.4 Å². The summed E-state index contributed by atoms with van der Waals surface area (Å²) in [7, 11) is 0. The topological polar surface area (TPSA) is 54.9 Å². The number of nitrogens with zero attached hydrogens (tertiary/aromatic N) is 2. The van der Waals surface area contributed by atoms with Crippen LogP contribution < -0.4 is 5.32 Å².